The predicted octanol–water partition coefficient (Wildman–Crippen LogP) is 7.22. The molecule has 1 saturated carbocycles. The van der Waals surface area contributed by atoms with Crippen molar-refractivity contribution < 1.29 is 14.0 Å². The average Bonchev–Trinajstić information content (AvgIpc) is 2.61. The lowest BCUT2D eigenvalue weighted by atomic mass is 9.81. The van der Waals surface area contributed by atoms with E-state index in [0.29, 0.717) is 6.42 Å². The minimum Gasteiger partial charge on any atom is -0.543 e. The summed E-state index contributed by atoms with van der Waals surface area (Å²) < 4.78 is 12.4. The predicted molar refractivity (Wildman–Crippen MR) is 119 cm³/mol. The number of benzene rings is 1. The van der Waals surface area contributed by atoms with Crippen molar-refractivity contribution in [1.29, 1.82) is 0 Å². The topological polar surface area (TPSA) is 35.5 Å². The van der Waals surface area contributed by atoms with Crippen LogP contribution < -0.4 is 4.43 Å². The fourth-order valence-corrected chi connectivity index (χ4v) is 4.65. The molecular formula is C24H40O3Si. The highest BCUT2D eigenvalue weighted by atomic mass is 28.4. The van der Waals surface area contributed by atoms with E-state index in [0.717, 1.165) is 44.3 Å². The summed E-state index contributed by atoms with van der Waals surface area (Å²) in [7, 11) is -1.87. The highest BCUT2D eigenvalue weighted by Crippen LogP contribution is 2.40. The maximum atomic E-state index is 12.3. The molecule has 0 heterocycles. The summed E-state index contributed by atoms with van der Waals surface area (Å²) in [6, 6.07) is 8.52. The molecule has 0 unspecified atom stereocenters. The first-order valence-electron chi connectivity index (χ1n) is 11.1. The lowest BCUT2D eigenvalue weighted by Crippen LogP contribution is -2.43. The molecule has 0 aromatic heterocycles. The minimum atomic E-state index is -1.87. The fraction of sp³-hybridized carbons (Fsp3) is 0.708. The van der Waals surface area contributed by atoms with Gasteiger partial charge < -0.3 is 9.16 Å². The van der Waals surface area contributed by atoms with Gasteiger partial charge in [-0.2, -0.15) is 0 Å². The van der Waals surface area contributed by atoms with Crippen molar-refractivity contribution in [1.82, 2.24) is 0 Å². The number of rotatable bonds is 8. The van der Waals surface area contributed by atoms with Gasteiger partial charge in [-0.05, 0) is 61.5 Å². The van der Waals surface area contributed by atoms with Crippen LogP contribution in [-0.4, -0.2) is 20.4 Å². The molecule has 0 bridgehead atoms. The van der Waals surface area contributed by atoms with E-state index >= 15 is 0 Å². The Bertz CT molecular complexity index is 633. The molecule has 1 aliphatic rings. The van der Waals surface area contributed by atoms with Gasteiger partial charge in [0.15, 0.2) is 0 Å². The van der Waals surface area contributed by atoms with Gasteiger partial charge in [-0.3, -0.25) is 4.79 Å². The second-order valence-corrected chi connectivity index (χ2v) is 14.5. The van der Waals surface area contributed by atoms with Crippen molar-refractivity contribution in [2.75, 3.05) is 0 Å². The molecule has 1 aromatic carbocycles. The Hall–Kier alpha value is -1.29. The molecule has 0 radical (unpaired) electrons. The van der Waals surface area contributed by atoms with E-state index in [2.05, 4.69) is 65.1 Å². The fourth-order valence-electron chi connectivity index (χ4n) is 3.62. The Balaban J connectivity index is 2.10. The van der Waals surface area contributed by atoms with Crippen molar-refractivity contribution >= 4 is 14.3 Å². The second kappa shape index (κ2) is 9.95. The monoisotopic (exact) mass is 404 g/mol. The quantitative estimate of drug-likeness (QED) is 0.261. The SMILES string of the molecule is CCCCCC(=O)O[C@H]1CCCC[C@@H]1c1cccc(O[Si](C)(C)C(C)(C)C)c1. The number of carbonyl (C=O) groups excluding carboxylic acids is 1. The van der Waals surface area contributed by atoms with Gasteiger partial charge in [-0.25, -0.2) is 0 Å². The molecule has 2 rings (SSSR count). The first kappa shape index (κ1) is 23.0. The summed E-state index contributed by atoms with van der Waals surface area (Å²) >= 11 is 0. The minimum absolute atomic E-state index is 0.00555. The largest absolute Gasteiger partial charge is 0.543 e. The average molecular weight is 405 g/mol. The van der Waals surface area contributed by atoms with Crippen LogP contribution in [0.1, 0.15) is 90.5 Å². The first-order valence-corrected chi connectivity index (χ1v) is 14.0. The van der Waals surface area contributed by atoms with Crippen LogP contribution in [0.5, 0.6) is 5.75 Å². The Labute approximate surface area is 173 Å². The van der Waals surface area contributed by atoms with Crippen LogP contribution in [0.4, 0.5) is 0 Å². The summed E-state index contributed by atoms with van der Waals surface area (Å²) in [5.74, 6) is 1.22. The van der Waals surface area contributed by atoms with E-state index in [9.17, 15) is 4.79 Å². The molecule has 1 aromatic rings. The lowest BCUT2D eigenvalue weighted by Gasteiger charge is -2.37. The van der Waals surface area contributed by atoms with Gasteiger partial charge in [-0.15, -0.1) is 0 Å². The third-order valence-electron chi connectivity index (χ3n) is 6.44. The highest BCUT2D eigenvalue weighted by Gasteiger charge is 2.39. The van der Waals surface area contributed by atoms with Crippen LogP contribution >= 0.6 is 0 Å². The van der Waals surface area contributed by atoms with Crippen molar-refractivity contribution in [3.8, 4) is 5.75 Å². The molecule has 0 amide bonds. The number of hydrogen-bond donors (Lipinski definition) is 0. The normalized spacial score (nSPS) is 20.6. The van der Waals surface area contributed by atoms with Gasteiger partial charge in [0.1, 0.15) is 11.9 Å². The van der Waals surface area contributed by atoms with Gasteiger partial charge in [0.2, 0.25) is 8.32 Å². The van der Waals surface area contributed by atoms with Crippen LogP contribution in [-0.2, 0) is 9.53 Å². The summed E-state index contributed by atoms with van der Waals surface area (Å²) in [6.45, 7) is 13.5. The third-order valence-corrected chi connectivity index (χ3v) is 10.8. The van der Waals surface area contributed by atoms with Gasteiger partial charge in [-0.1, -0.05) is 59.1 Å². The third kappa shape index (κ3) is 6.37. The molecule has 28 heavy (non-hydrogen) atoms. The Kier molecular flexibility index (Phi) is 8.17. The Morgan fingerprint density at radius 2 is 1.86 bits per heavy atom. The summed E-state index contributed by atoms with van der Waals surface area (Å²) in [4.78, 5) is 12.3. The maximum Gasteiger partial charge on any atom is 0.306 e. The van der Waals surface area contributed by atoms with Crippen LogP contribution in [0.2, 0.25) is 18.1 Å². The van der Waals surface area contributed by atoms with Crippen molar-refractivity contribution in [2.24, 2.45) is 0 Å². The van der Waals surface area contributed by atoms with Crippen LogP contribution in [0.15, 0.2) is 24.3 Å². The van der Waals surface area contributed by atoms with Crippen molar-refractivity contribution in [3.05, 3.63) is 29.8 Å². The zero-order valence-corrected chi connectivity index (χ0v) is 19.8. The van der Waals surface area contributed by atoms with Gasteiger partial charge in [0, 0.05) is 12.3 Å². The van der Waals surface area contributed by atoms with E-state index in [1.807, 2.05) is 0 Å². The summed E-state index contributed by atoms with van der Waals surface area (Å²) in [6.07, 6.45) is 8.09. The standard InChI is InChI=1S/C24H40O3Si/c1-7-8-9-17-23(25)26-22-16-11-10-15-21(22)19-13-12-14-20(18-19)27-28(5,6)24(2,3)4/h12-14,18,21-22H,7-11,15-17H2,1-6H3/t21-,22+/m1/s1. The second-order valence-electron chi connectivity index (χ2n) is 9.81. The van der Waals surface area contributed by atoms with E-state index in [1.54, 1.807) is 0 Å². The molecular weight excluding hydrogens is 364 g/mol. The van der Waals surface area contributed by atoms with Gasteiger partial charge in [0.05, 0.1) is 0 Å². The molecule has 4 heteroatoms. The number of carbonyl (C=O) groups is 1. The number of unbranched alkanes of at least 4 members (excludes halogenated alkanes) is 2. The molecule has 0 saturated heterocycles. The summed E-state index contributed by atoms with van der Waals surface area (Å²) in [5.41, 5.74) is 1.25. The van der Waals surface area contributed by atoms with Crippen molar-refractivity contribution in [2.45, 2.75) is 109 Å². The van der Waals surface area contributed by atoms with E-state index in [1.165, 1.54) is 12.0 Å². The van der Waals surface area contributed by atoms with Crippen LogP contribution in [0, 0.1) is 0 Å². The zero-order valence-electron chi connectivity index (χ0n) is 18.8. The number of esters is 1. The van der Waals surface area contributed by atoms with E-state index in [4.69, 9.17) is 9.16 Å². The molecule has 0 N–H and O–H groups in total. The lowest BCUT2D eigenvalue weighted by molar-refractivity contribution is -0.151. The number of ether oxygens (including phenoxy) is 1. The van der Waals surface area contributed by atoms with Crippen molar-refractivity contribution in [3.63, 3.8) is 0 Å². The smallest absolute Gasteiger partial charge is 0.306 e. The molecule has 1 fully saturated rings. The zero-order chi connectivity index (χ0) is 20.8. The molecule has 2 atom stereocenters. The van der Waals surface area contributed by atoms with Gasteiger partial charge in [0.25, 0.3) is 0 Å². The molecule has 0 aliphatic heterocycles. The Morgan fingerprint density at radius 3 is 2.54 bits per heavy atom. The van der Waals surface area contributed by atoms with Crippen LogP contribution in [0.25, 0.3) is 0 Å². The van der Waals surface area contributed by atoms with Crippen LogP contribution in [0.3, 0.4) is 0 Å². The Morgan fingerprint density at radius 1 is 1.14 bits per heavy atom. The number of hydrogen-bond acceptors (Lipinski definition) is 3. The first-order chi connectivity index (χ1) is 13.1. The maximum absolute atomic E-state index is 12.3. The van der Waals surface area contributed by atoms with Gasteiger partial charge >= 0.3 is 5.97 Å². The molecule has 3 nitrogen and oxygen atoms in total. The molecule has 158 valence electrons. The van der Waals surface area contributed by atoms with E-state index < -0.39 is 8.32 Å². The summed E-state index contributed by atoms with van der Waals surface area (Å²) in [5, 5.41) is 0.171. The molecule has 0 spiro atoms. The van der Waals surface area contributed by atoms with E-state index in [-0.39, 0.29) is 23.0 Å². The molecule has 1 aliphatic carbocycles. The highest BCUT2D eigenvalue weighted by molar-refractivity contribution is 6.74.